The smallest absolute Gasteiger partial charge is 0.326 e. The zero-order valence-electron chi connectivity index (χ0n) is 17.7. The fourth-order valence-electron chi connectivity index (χ4n) is 2.60. The molecule has 2 amide bonds. The molecular weight excluding hydrogens is 430 g/mol. The molecule has 1 rings (SSSR count). The average Bonchev–Trinajstić information content (AvgIpc) is 3.17. The first-order valence-electron chi connectivity index (χ1n) is 9.93. The van der Waals surface area contributed by atoms with Crippen LogP contribution in [0.2, 0.25) is 0 Å². The van der Waals surface area contributed by atoms with Crippen molar-refractivity contribution in [2.45, 2.75) is 57.3 Å². The van der Waals surface area contributed by atoms with Crippen LogP contribution in [0.5, 0.6) is 0 Å². The zero-order valence-corrected chi connectivity index (χ0v) is 17.7. The van der Waals surface area contributed by atoms with E-state index in [9.17, 15) is 24.3 Å². The molecule has 5 N–H and O–H groups in total. The number of urea groups is 1. The van der Waals surface area contributed by atoms with E-state index < -0.39 is 42.4 Å². The number of aliphatic carboxylic acids is 3. The van der Waals surface area contributed by atoms with Crippen LogP contribution in [-0.4, -0.2) is 86.7 Å². The van der Waals surface area contributed by atoms with Crippen LogP contribution in [0.1, 0.15) is 37.8 Å². The largest absolute Gasteiger partial charge is 0.481 e. The summed E-state index contributed by atoms with van der Waals surface area (Å²) in [6.07, 6.45) is 2.05. The molecule has 0 fully saturated rings. The summed E-state index contributed by atoms with van der Waals surface area (Å²) in [4.78, 5) is 45.1. The molecule has 0 bridgehead atoms. The molecule has 0 aliphatic carbocycles. The van der Waals surface area contributed by atoms with Gasteiger partial charge in [-0.05, 0) is 25.7 Å². The predicted molar refractivity (Wildman–Crippen MR) is 107 cm³/mol. The highest BCUT2D eigenvalue weighted by Crippen LogP contribution is 2.05. The molecule has 14 nitrogen and oxygen atoms in total. The van der Waals surface area contributed by atoms with E-state index in [2.05, 4.69) is 20.9 Å². The van der Waals surface area contributed by atoms with E-state index in [0.717, 1.165) is 0 Å². The van der Waals surface area contributed by atoms with E-state index >= 15 is 0 Å². The Morgan fingerprint density at radius 3 is 2.28 bits per heavy atom. The van der Waals surface area contributed by atoms with Crippen LogP contribution < -0.4 is 10.6 Å². The molecule has 32 heavy (non-hydrogen) atoms. The van der Waals surface area contributed by atoms with Crippen LogP contribution in [-0.2, 0) is 37.0 Å². The Morgan fingerprint density at radius 1 is 1.03 bits per heavy atom. The summed E-state index contributed by atoms with van der Waals surface area (Å²) in [5.41, 5.74) is 0.652. The Morgan fingerprint density at radius 2 is 1.69 bits per heavy atom. The van der Waals surface area contributed by atoms with Gasteiger partial charge in [-0.15, -0.1) is 5.10 Å². The second-order valence-corrected chi connectivity index (χ2v) is 6.85. The Hall–Kier alpha value is -3.26. The molecule has 0 saturated carbocycles. The van der Waals surface area contributed by atoms with Gasteiger partial charge in [-0.3, -0.25) is 9.48 Å². The molecule has 0 unspecified atom stereocenters. The molecule has 0 aliphatic rings. The van der Waals surface area contributed by atoms with Gasteiger partial charge in [-0.2, -0.15) is 0 Å². The third kappa shape index (κ3) is 11.2. The number of amides is 2. The molecule has 0 saturated heterocycles. The van der Waals surface area contributed by atoms with E-state index in [1.54, 1.807) is 18.0 Å². The number of nitrogens with zero attached hydrogens (tertiary/aromatic N) is 3. The van der Waals surface area contributed by atoms with Crippen LogP contribution in [0.3, 0.4) is 0 Å². The van der Waals surface area contributed by atoms with E-state index in [-0.39, 0.29) is 12.8 Å². The number of hydrogen-bond donors (Lipinski definition) is 5. The third-order valence-corrected chi connectivity index (χ3v) is 4.25. The summed E-state index contributed by atoms with van der Waals surface area (Å²) in [5, 5.41) is 39.2. The van der Waals surface area contributed by atoms with Crippen molar-refractivity contribution in [3.05, 3.63) is 11.9 Å². The van der Waals surface area contributed by atoms with Gasteiger partial charge < -0.3 is 35.4 Å². The highest BCUT2D eigenvalue weighted by Gasteiger charge is 2.24. The number of carboxylic acid groups (broad SMARTS) is 3. The maximum Gasteiger partial charge on any atom is 0.326 e. The lowest BCUT2D eigenvalue weighted by Gasteiger charge is -2.18. The van der Waals surface area contributed by atoms with Crippen molar-refractivity contribution < 1.29 is 44.0 Å². The monoisotopic (exact) mass is 459 g/mol. The molecular formula is C18H29N5O9. The van der Waals surface area contributed by atoms with Crippen molar-refractivity contribution in [3.63, 3.8) is 0 Å². The molecule has 1 heterocycles. The summed E-state index contributed by atoms with van der Waals surface area (Å²) in [6.45, 7) is 1.70. The molecule has 0 spiro atoms. The van der Waals surface area contributed by atoms with E-state index in [1.807, 2.05) is 0 Å². The minimum atomic E-state index is -1.44. The Bertz CT molecular complexity index is 755. The molecule has 0 aromatic carbocycles. The third-order valence-electron chi connectivity index (χ3n) is 4.25. The first-order chi connectivity index (χ1) is 15.2. The van der Waals surface area contributed by atoms with E-state index in [0.29, 0.717) is 44.9 Å². The van der Waals surface area contributed by atoms with Gasteiger partial charge in [-0.1, -0.05) is 5.21 Å². The first kappa shape index (κ1) is 26.8. The van der Waals surface area contributed by atoms with Crippen molar-refractivity contribution in [1.29, 1.82) is 0 Å². The quantitative estimate of drug-likeness (QED) is 0.191. The minimum Gasteiger partial charge on any atom is -0.481 e. The fourth-order valence-corrected chi connectivity index (χ4v) is 2.60. The lowest BCUT2D eigenvalue weighted by molar-refractivity contribution is -0.140. The van der Waals surface area contributed by atoms with Crippen LogP contribution >= 0.6 is 0 Å². The van der Waals surface area contributed by atoms with Gasteiger partial charge in [0.2, 0.25) is 0 Å². The number of carbonyl (C=O) groups excluding carboxylic acids is 1. The molecule has 2 atom stereocenters. The van der Waals surface area contributed by atoms with Gasteiger partial charge in [0.25, 0.3) is 0 Å². The summed E-state index contributed by atoms with van der Waals surface area (Å²) >= 11 is 0. The van der Waals surface area contributed by atoms with Crippen molar-refractivity contribution in [3.8, 4) is 0 Å². The van der Waals surface area contributed by atoms with Crippen molar-refractivity contribution in [2.75, 3.05) is 20.3 Å². The summed E-state index contributed by atoms with van der Waals surface area (Å²) in [6, 6.07) is -3.67. The summed E-state index contributed by atoms with van der Waals surface area (Å²) < 4.78 is 11.8. The number of methoxy groups -OCH3 is 1. The summed E-state index contributed by atoms with van der Waals surface area (Å²) in [5.74, 6) is -3.89. The minimum absolute atomic E-state index is 0.108. The average molecular weight is 459 g/mol. The summed E-state index contributed by atoms with van der Waals surface area (Å²) in [7, 11) is 1.58. The maximum absolute atomic E-state index is 12.0. The number of hydrogen-bond acceptors (Lipinski definition) is 8. The highest BCUT2D eigenvalue weighted by molar-refractivity contribution is 5.86. The van der Waals surface area contributed by atoms with Gasteiger partial charge in [0, 0.05) is 20.1 Å². The Kier molecular flexibility index (Phi) is 12.3. The van der Waals surface area contributed by atoms with Crippen LogP contribution in [0.25, 0.3) is 0 Å². The van der Waals surface area contributed by atoms with Crippen molar-refractivity contribution in [1.82, 2.24) is 25.6 Å². The number of rotatable bonds is 17. The SMILES string of the molecule is COCCOCc1cn(CCCC[C@H](NC(=O)N[C@@H](CCC(=O)O)C(=O)O)C(=O)O)nn1. The molecule has 180 valence electrons. The van der Waals surface area contributed by atoms with Gasteiger partial charge in [0.1, 0.15) is 17.8 Å². The number of carboxylic acids is 3. The molecule has 1 aromatic rings. The molecule has 14 heteroatoms. The lowest BCUT2D eigenvalue weighted by atomic mass is 10.1. The topological polar surface area (TPSA) is 202 Å². The Balaban J connectivity index is 2.39. The Labute approximate surface area is 183 Å². The highest BCUT2D eigenvalue weighted by atomic mass is 16.5. The molecule has 0 aliphatic heterocycles. The number of nitrogens with one attached hydrogen (secondary N) is 2. The number of aryl methyl sites for hydroxylation is 1. The predicted octanol–water partition coefficient (Wildman–Crippen LogP) is -0.318. The maximum atomic E-state index is 12.0. The number of aromatic nitrogens is 3. The van der Waals surface area contributed by atoms with Crippen molar-refractivity contribution >= 4 is 23.9 Å². The van der Waals surface area contributed by atoms with Gasteiger partial charge in [0.05, 0.1) is 26.0 Å². The van der Waals surface area contributed by atoms with Crippen LogP contribution in [0.15, 0.2) is 6.20 Å². The van der Waals surface area contributed by atoms with Crippen molar-refractivity contribution in [2.24, 2.45) is 0 Å². The van der Waals surface area contributed by atoms with Gasteiger partial charge >= 0.3 is 23.9 Å². The van der Waals surface area contributed by atoms with E-state index in [1.165, 1.54) is 0 Å². The van der Waals surface area contributed by atoms with Gasteiger partial charge in [0.15, 0.2) is 0 Å². The first-order valence-corrected chi connectivity index (χ1v) is 9.93. The number of unbranched alkanes of at least 4 members (excludes halogenated alkanes) is 1. The fraction of sp³-hybridized carbons (Fsp3) is 0.667. The zero-order chi connectivity index (χ0) is 23.9. The second kappa shape index (κ2) is 14.7. The molecule has 1 aromatic heterocycles. The van der Waals surface area contributed by atoms with E-state index in [4.69, 9.17) is 19.7 Å². The molecule has 0 radical (unpaired) electrons. The standard InChI is InChI=1S/C18H29N5O9/c1-31-8-9-32-11-12-10-23(22-21-12)7-3-2-4-13(16(26)27)19-18(30)20-14(17(28)29)5-6-15(24)25/h10,13-14H,2-9,11H2,1H3,(H,24,25)(H,26,27)(H,28,29)(H2,19,20,30)/t13-,14-/m0/s1. The second-order valence-electron chi connectivity index (χ2n) is 6.85. The lowest BCUT2D eigenvalue weighted by Crippen LogP contribution is -2.51. The van der Waals surface area contributed by atoms with Gasteiger partial charge in [-0.25, -0.2) is 14.4 Å². The number of carbonyl (C=O) groups is 4. The normalized spacial score (nSPS) is 12.7. The van der Waals surface area contributed by atoms with Crippen LogP contribution in [0.4, 0.5) is 4.79 Å². The van der Waals surface area contributed by atoms with Crippen LogP contribution in [0, 0.1) is 0 Å². The number of ether oxygens (including phenoxy) is 2.